The summed E-state index contributed by atoms with van der Waals surface area (Å²) in [7, 11) is 0. The fourth-order valence-corrected chi connectivity index (χ4v) is 2.93. The number of rotatable bonds is 1. The van der Waals surface area contributed by atoms with Crippen LogP contribution in [0, 0.1) is 10.1 Å². The average Bonchev–Trinajstić information content (AvgIpc) is 2.73. The van der Waals surface area contributed by atoms with Crippen molar-refractivity contribution >= 4 is 17.2 Å². The van der Waals surface area contributed by atoms with Crippen LogP contribution in [0.2, 0.25) is 0 Å². The molecule has 1 aliphatic carbocycles. The van der Waals surface area contributed by atoms with Crippen molar-refractivity contribution in [1.82, 2.24) is 0 Å². The topological polar surface area (TPSA) is 81.5 Å². The number of nitrogens with two attached hydrogens (primary N) is 1. The Morgan fingerprint density at radius 3 is 3.06 bits per heavy atom. The average molecular weight is 249 g/mol. The lowest BCUT2D eigenvalue weighted by Gasteiger charge is -2.31. The summed E-state index contributed by atoms with van der Waals surface area (Å²) >= 11 is 0. The molecule has 0 radical (unpaired) electrons. The Bertz CT molecular complexity index is 572. The van der Waals surface area contributed by atoms with Gasteiger partial charge in [-0.3, -0.25) is 10.1 Å². The maximum atomic E-state index is 14.7. The minimum absolute atomic E-state index is 0.00588. The second-order valence-corrected chi connectivity index (χ2v) is 4.80. The summed E-state index contributed by atoms with van der Waals surface area (Å²) in [6, 6.07) is 4.34. The van der Waals surface area contributed by atoms with Crippen molar-refractivity contribution in [3.63, 3.8) is 0 Å². The van der Waals surface area contributed by atoms with Crippen molar-refractivity contribution in [1.29, 1.82) is 0 Å². The first-order valence-electron chi connectivity index (χ1n) is 5.84. The van der Waals surface area contributed by atoms with Crippen LogP contribution in [0.5, 0.6) is 0 Å². The molecule has 94 valence electrons. The highest BCUT2D eigenvalue weighted by molar-refractivity contribution is 5.95. The summed E-state index contributed by atoms with van der Waals surface area (Å²) in [5.74, 6) is -0.392. The van der Waals surface area contributed by atoms with Crippen LogP contribution in [0.25, 0.3) is 0 Å². The van der Waals surface area contributed by atoms with E-state index in [1.165, 1.54) is 18.2 Å². The molecule has 2 unspecified atom stereocenters. The number of amidine groups is 1. The van der Waals surface area contributed by atoms with Crippen molar-refractivity contribution in [3.8, 4) is 0 Å². The van der Waals surface area contributed by atoms with E-state index in [9.17, 15) is 14.5 Å². The molecule has 0 saturated heterocycles. The molecule has 2 N–H and O–H groups in total. The fraction of sp³-hybridized carbons (Fsp3) is 0.417. The third-order valence-corrected chi connectivity index (χ3v) is 3.85. The maximum absolute atomic E-state index is 14.7. The van der Waals surface area contributed by atoms with E-state index < -0.39 is 16.5 Å². The molecule has 18 heavy (non-hydrogen) atoms. The number of fused-ring (bicyclic) bond motifs is 3. The Hall–Kier alpha value is -1.98. The standard InChI is InChI=1S/C12H12FN3O2/c13-12-5-1-2-9(12)8-6-7(16(17)18)3-4-10(8)15-11(12)14/h3-4,6,9H,1-2,5H2,(H2,14,15). The second-order valence-electron chi connectivity index (χ2n) is 4.80. The quantitative estimate of drug-likeness (QED) is 0.613. The smallest absolute Gasteiger partial charge is 0.269 e. The number of hydrogen-bond donors (Lipinski definition) is 1. The number of aliphatic imine (C=N–C) groups is 1. The van der Waals surface area contributed by atoms with E-state index in [1.54, 1.807) is 0 Å². The molecule has 0 bridgehead atoms. The van der Waals surface area contributed by atoms with Gasteiger partial charge in [0.1, 0.15) is 5.84 Å². The molecule has 1 heterocycles. The molecule has 1 aliphatic heterocycles. The molecule has 1 saturated carbocycles. The van der Waals surface area contributed by atoms with Gasteiger partial charge in [-0.05, 0) is 30.9 Å². The van der Waals surface area contributed by atoms with Crippen molar-refractivity contribution in [3.05, 3.63) is 33.9 Å². The lowest BCUT2D eigenvalue weighted by molar-refractivity contribution is -0.384. The second kappa shape index (κ2) is 3.51. The highest BCUT2D eigenvalue weighted by atomic mass is 19.1. The van der Waals surface area contributed by atoms with Gasteiger partial charge in [-0.1, -0.05) is 0 Å². The Morgan fingerprint density at radius 2 is 2.33 bits per heavy atom. The summed E-state index contributed by atoms with van der Waals surface area (Å²) in [5, 5.41) is 10.8. The number of benzene rings is 1. The van der Waals surface area contributed by atoms with Gasteiger partial charge in [-0.15, -0.1) is 0 Å². The summed E-state index contributed by atoms with van der Waals surface area (Å²) < 4.78 is 14.7. The molecular formula is C12H12FN3O2. The normalized spacial score (nSPS) is 29.4. The van der Waals surface area contributed by atoms with E-state index >= 15 is 0 Å². The van der Waals surface area contributed by atoms with Crippen LogP contribution < -0.4 is 5.73 Å². The van der Waals surface area contributed by atoms with Crippen LogP contribution in [-0.4, -0.2) is 16.4 Å². The zero-order chi connectivity index (χ0) is 12.9. The highest BCUT2D eigenvalue weighted by Crippen LogP contribution is 2.51. The molecule has 0 spiro atoms. The molecule has 5 nitrogen and oxygen atoms in total. The molecule has 0 amide bonds. The molecule has 2 atom stereocenters. The Morgan fingerprint density at radius 1 is 1.56 bits per heavy atom. The highest BCUT2D eigenvalue weighted by Gasteiger charge is 2.50. The van der Waals surface area contributed by atoms with Crippen LogP contribution in [0.4, 0.5) is 15.8 Å². The van der Waals surface area contributed by atoms with Gasteiger partial charge in [-0.2, -0.15) is 0 Å². The summed E-state index contributed by atoms with van der Waals surface area (Å²) in [6.07, 6.45) is 1.72. The third kappa shape index (κ3) is 1.35. The number of non-ortho nitro benzene ring substituents is 1. The van der Waals surface area contributed by atoms with Gasteiger partial charge >= 0.3 is 0 Å². The van der Waals surface area contributed by atoms with E-state index in [0.29, 0.717) is 24.1 Å². The number of halogens is 1. The lowest BCUT2D eigenvalue weighted by atomic mass is 9.82. The molecule has 2 aliphatic rings. The van der Waals surface area contributed by atoms with Gasteiger partial charge < -0.3 is 5.73 Å². The maximum Gasteiger partial charge on any atom is 0.269 e. The van der Waals surface area contributed by atoms with E-state index in [-0.39, 0.29) is 11.5 Å². The molecule has 6 heteroatoms. The number of nitrogens with zero attached hydrogens (tertiary/aromatic N) is 2. The predicted octanol–water partition coefficient (Wildman–Crippen LogP) is 2.57. The van der Waals surface area contributed by atoms with Crippen molar-refractivity contribution in [2.24, 2.45) is 10.7 Å². The van der Waals surface area contributed by atoms with Crippen LogP contribution in [0.15, 0.2) is 23.2 Å². The largest absolute Gasteiger partial charge is 0.384 e. The van der Waals surface area contributed by atoms with E-state index in [4.69, 9.17) is 5.73 Å². The van der Waals surface area contributed by atoms with Gasteiger partial charge in [-0.25, -0.2) is 9.38 Å². The SMILES string of the molecule is NC1=Nc2ccc([N+](=O)[O-])cc2C2CCCC12F. The first-order valence-corrected chi connectivity index (χ1v) is 5.84. The number of nitro groups is 1. The number of alkyl halides is 1. The Kier molecular flexibility index (Phi) is 2.17. The first kappa shape index (κ1) is 11.1. The van der Waals surface area contributed by atoms with E-state index in [1.807, 2.05) is 0 Å². The van der Waals surface area contributed by atoms with E-state index in [2.05, 4.69) is 4.99 Å². The monoisotopic (exact) mass is 249 g/mol. The summed E-state index contributed by atoms with van der Waals surface area (Å²) in [5.41, 5.74) is 5.22. The summed E-state index contributed by atoms with van der Waals surface area (Å²) in [6.45, 7) is 0. The van der Waals surface area contributed by atoms with Gasteiger partial charge in [0.05, 0.1) is 10.6 Å². The van der Waals surface area contributed by atoms with Gasteiger partial charge in [0.2, 0.25) is 0 Å². The molecular weight excluding hydrogens is 237 g/mol. The molecule has 3 rings (SSSR count). The molecule has 1 aromatic carbocycles. The molecule has 0 aromatic heterocycles. The van der Waals surface area contributed by atoms with Crippen molar-refractivity contribution < 1.29 is 9.31 Å². The molecule has 1 fully saturated rings. The Labute approximate surface area is 103 Å². The van der Waals surface area contributed by atoms with E-state index in [0.717, 1.165) is 6.42 Å². The minimum Gasteiger partial charge on any atom is -0.384 e. The van der Waals surface area contributed by atoms with Gasteiger partial charge in [0.25, 0.3) is 5.69 Å². The summed E-state index contributed by atoms with van der Waals surface area (Å²) in [4.78, 5) is 14.4. The zero-order valence-electron chi connectivity index (χ0n) is 9.60. The lowest BCUT2D eigenvalue weighted by Crippen LogP contribution is -2.43. The zero-order valence-corrected chi connectivity index (χ0v) is 9.60. The fourth-order valence-electron chi connectivity index (χ4n) is 2.93. The number of hydrogen-bond acceptors (Lipinski definition) is 4. The Balaban J connectivity index is 2.18. The van der Waals surface area contributed by atoms with Crippen molar-refractivity contribution in [2.75, 3.05) is 0 Å². The van der Waals surface area contributed by atoms with Crippen LogP contribution in [0.3, 0.4) is 0 Å². The van der Waals surface area contributed by atoms with Gasteiger partial charge in [0, 0.05) is 18.1 Å². The van der Waals surface area contributed by atoms with Crippen molar-refractivity contribution in [2.45, 2.75) is 30.8 Å². The number of nitro benzene ring substituents is 1. The molecule has 1 aromatic rings. The first-order chi connectivity index (χ1) is 8.52. The van der Waals surface area contributed by atoms with Crippen LogP contribution in [-0.2, 0) is 0 Å². The minimum atomic E-state index is -1.62. The van der Waals surface area contributed by atoms with Crippen LogP contribution in [0.1, 0.15) is 30.7 Å². The van der Waals surface area contributed by atoms with Gasteiger partial charge in [0.15, 0.2) is 5.67 Å². The van der Waals surface area contributed by atoms with Crippen LogP contribution >= 0.6 is 0 Å². The third-order valence-electron chi connectivity index (χ3n) is 3.85. The predicted molar refractivity (Wildman–Crippen MR) is 64.8 cm³/mol.